The zero-order valence-corrected chi connectivity index (χ0v) is 77.8. The van der Waals surface area contributed by atoms with Crippen molar-refractivity contribution in [1.82, 2.24) is 92.3 Å². The molecule has 14 atom stereocenters. The van der Waals surface area contributed by atoms with E-state index < -0.39 is 223 Å². The fourth-order valence-corrected chi connectivity index (χ4v) is 17.2. The van der Waals surface area contributed by atoms with Crippen LogP contribution in [-0.2, 0) is 107 Å². The van der Waals surface area contributed by atoms with Crippen LogP contribution in [0.3, 0.4) is 0 Å². The normalized spacial score (nSPS) is 16.3. The molecule has 23 N–H and O–H groups in total. The molecule has 5 heterocycles. The number of carbonyl (C=O) groups excluding carboxylic acids is 16. The van der Waals surface area contributed by atoms with E-state index in [4.69, 9.17) is 22.9 Å². The van der Waals surface area contributed by atoms with Crippen molar-refractivity contribution in [1.29, 1.82) is 0 Å². The number of hydrogen-bond acceptors (Lipinski definition) is 23. The number of aromatic hydroxyl groups is 1. The Morgan fingerprint density at radius 2 is 1.14 bits per heavy atom. The Morgan fingerprint density at radius 3 is 1.72 bits per heavy atom. The van der Waals surface area contributed by atoms with Crippen LogP contribution < -0.4 is 70.8 Å². The van der Waals surface area contributed by atoms with Crippen LogP contribution in [0.15, 0.2) is 97.7 Å². The summed E-state index contributed by atoms with van der Waals surface area (Å²) in [5.41, 5.74) is 26.8. The number of aliphatic hydroxyl groups excluding tert-OH is 1. The van der Waals surface area contributed by atoms with Gasteiger partial charge in [-0.3, -0.25) is 81.5 Å². The van der Waals surface area contributed by atoms with Crippen molar-refractivity contribution >= 4 is 134 Å². The number of carbonyl (C=O) groups is 17. The van der Waals surface area contributed by atoms with Gasteiger partial charge in [-0.05, 0) is 112 Å². The van der Waals surface area contributed by atoms with Crippen LogP contribution in [0.5, 0.6) is 5.75 Å². The second-order valence-electron chi connectivity index (χ2n) is 34.4. The first kappa shape index (κ1) is 106. The molecular weight excluding hydrogens is 1750 g/mol. The van der Waals surface area contributed by atoms with Crippen LogP contribution in [0.1, 0.15) is 154 Å². The average Bonchev–Trinajstić information content (AvgIpc) is 1.59. The molecule has 0 spiro atoms. The number of amides is 16. The number of thioether (sulfide) groups is 1. The highest BCUT2D eigenvalue weighted by molar-refractivity contribution is 8.00. The molecule has 2 aliphatic rings. The number of rotatable bonds is 54. The Kier molecular flexibility index (Phi) is 41.1. The Labute approximate surface area is 780 Å². The smallest absolute Gasteiger partial charge is 0.303 e. The van der Waals surface area contributed by atoms with E-state index in [1.54, 1.807) is 75.6 Å². The Hall–Kier alpha value is -13.0. The second kappa shape index (κ2) is 51.8. The molecule has 2 aliphatic heterocycles. The van der Waals surface area contributed by atoms with Crippen LogP contribution in [-0.4, -0.2) is 310 Å². The van der Waals surface area contributed by atoms with Gasteiger partial charge in [-0.1, -0.05) is 102 Å². The summed E-state index contributed by atoms with van der Waals surface area (Å²) in [6.45, 7) is 9.64. The number of nitrogens with two attached hydrogens (primary N) is 4. The molecule has 3 aromatic carbocycles. The third-order valence-corrected chi connectivity index (χ3v) is 24.8. The minimum absolute atomic E-state index is 0.0355. The molecule has 6 aromatic rings. The fourth-order valence-electron chi connectivity index (χ4n) is 16.3. The molecular formula is C91H130N22O20S. The van der Waals surface area contributed by atoms with E-state index in [-0.39, 0.29) is 88.3 Å². The van der Waals surface area contributed by atoms with Crippen LogP contribution >= 0.6 is 11.8 Å². The number of para-hydroxylation sites is 2. The maximum atomic E-state index is 16.0. The van der Waals surface area contributed by atoms with E-state index in [1.807, 2.05) is 19.9 Å². The number of phenolic OH excluding ortho intramolecular Hbond substituents is 1. The molecule has 0 saturated carbocycles. The number of nitrogens with one attached hydrogen (secondary N) is 12. The number of benzene rings is 3. The molecule has 0 aliphatic carbocycles. The summed E-state index contributed by atoms with van der Waals surface area (Å²) in [4.78, 5) is 261. The molecule has 43 heteroatoms. The van der Waals surface area contributed by atoms with Gasteiger partial charge in [0.1, 0.15) is 78.3 Å². The van der Waals surface area contributed by atoms with Crippen molar-refractivity contribution in [2.45, 2.75) is 242 Å². The average molecular weight is 1880 g/mol. The molecule has 730 valence electrons. The first-order chi connectivity index (χ1) is 63.8. The number of nitrogens with zero attached hydrogens (tertiary/aromatic N) is 6. The van der Waals surface area contributed by atoms with Gasteiger partial charge in [0, 0.05) is 131 Å². The van der Waals surface area contributed by atoms with Gasteiger partial charge in [-0.2, -0.15) is 0 Å². The minimum Gasteiger partial charge on any atom is -0.508 e. The lowest BCUT2D eigenvalue weighted by molar-refractivity contribution is -0.150. The van der Waals surface area contributed by atoms with Crippen molar-refractivity contribution in [3.05, 3.63) is 120 Å². The highest BCUT2D eigenvalue weighted by Crippen LogP contribution is 2.28. The molecule has 16 amide bonds. The number of carboxylic acids is 1. The topological polar surface area (TPSA) is 640 Å². The number of imidazole rings is 1. The number of likely N-dealkylation sites (tertiary alicyclic amines) is 2. The van der Waals surface area contributed by atoms with E-state index in [2.05, 4.69) is 67.8 Å². The summed E-state index contributed by atoms with van der Waals surface area (Å²) in [6.07, 6.45) is 5.24. The lowest BCUT2D eigenvalue weighted by Gasteiger charge is -2.38. The van der Waals surface area contributed by atoms with Crippen molar-refractivity contribution in [2.75, 3.05) is 64.9 Å². The van der Waals surface area contributed by atoms with E-state index in [0.717, 1.165) is 34.4 Å². The summed E-state index contributed by atoms with van der Waals surface area (Å²) in [5.74, 6) is -15.8. The van der Waals surface area contributed by atoms with Gasteiger partial charge >= 0.3 is 5.97 Å². The Morgan fingerprint density at radius 1 is 0.575 bits per heavy atom. The SMILES string of the molecule is CCCC[C@@H](C(=O)N[C@@H](CC(C)C)C(=O)N[C@@H](CSCC(=O)N[C@@H](Cc1ccc(O)cc1)C(=O)N(C)[C@@H](C)C(=O)N[C@@H](CC(N)=O)C(=O)N1CCCC1)C(=O)NCC(N)=O)N(C)C(=O)[C@H](CCCC)N(CC)C(=O)[C@H](Cc1c[nH]c2ccccc12)NC(=O)[C@H](CCN)NC(=O)[C@H](Cc1c[nH]c2ccccc12)NC(=O)[C@@H]1C[C@@H](O)CN1C(=O)[C@H](CCC(=O)O)NC(=O)[C@@H](N)Cc1cnc[nH]1. The summed E-state index contributed by atoms with van der Waals surface area (Å²) in [6, 6.07) is 1.54. The second-order valence-corrected chi connectivity index (χ2v) is 35.4. The predicted molar refractivity (Wildman–Crippen MR) is 496 cm³/mol. The number of hydrogen-bond donors (Lipinski definition) is 19. The van der Waals surface area contributed by atoms with Crippen LogP contribution in [0.4, 0.5) is 0 Å². The van der Waals surface area contributed by atoms with Crippen molar-refractivity contribution in [3.63, 3.8) is 0 Å². The predicted octanol–water partition coefficient (Wildman–Crippen LogP) is -1.12. The van der Waals surface area contributed by atoms with E-state index in [9.17, 15) is 72.9 Å². The molecule has 2 fully saturated rings. The van der Waals surface area contributed by atoms with Crippen molar-refractivity contribution in [2.24, 2.45) is 28.9 Å². The zero-order valence-electron chi connectivity index (χ0n) is 77.0. The number of aliphatic hydroxyl groups is 1. The van der Waals surface area contributed by atoms with Gasteiger partial charge in [0.25, 0.3) is 0 Å². The lowest BCUT2D eigenvalue weighted by atomic mass is 9.99. The van der Waals surface area contributed by atoms with Gasteiger partial charge < -0.3 is 126 Å². The molecule has 0 unspecified atom stereocenters. The molecule has 8 rings (SSSR count). The van der Waals surface area contributed by atoms with Gasteiger partial charge in [-0.25, -0.2) is 4.98 Å². The van der Waals surface area contributed by atoms with Gasteiger partial charge in [0.15, 0.2) is 0 Å². The number of carboxylic acid groups (broad SMARTS) is 1. The monoisotopic (exact) mass is 1880 g/mol. The minimum atomic E-state index is -1.57. The summed E-state index contributed by atoms with van der Waals surface area (Å²) < 4.78 is 0. The molecule has 134 heavy (non-hydrogen) atoms. The molecule has 3 aromatic heterocycles. The number of β-amino-alcohol motifs (C(OH)–C–C–N with tert-alkyl or cyclic N) is 1. The van der Waals surface area contributed by atoms with E-state index >= 15 is 24.0 Å². The maximum Gasteiger partial charge on any atom is 0.303 e. The zero-order chi connectivity index (χ0) is 98.2. The number of aromatic amines is 3. The summed E-state index contributed by atoms with van der Waals surface area (Å²) in [7, 11) is 2.70. The quantitative estimate of drug-likeness (QED) is 0.0215. The summed E-state index contributed by atoms with van der Waals surface area (Å²) in [5, 5.41) is 56.4. The fraction of sp³-hybridized carbons (Fsp3) is 0.538. The highest BCUT2D eigenvalue weighted by atomic mass is 32.2. The Bertz CT molecular complexity index is 5060. The van der Waals surface area contributed by atoms with E-state index in [0.29, 0.717) is 83.0 Å². The third-order valence-electron chi connectivity index (χ3n) is 23.7. The van der Waals surface area contributed by atoms with Crippen LogP contribution in [0.2, 0.25) is 0 Å². The molecule has 2 saturated heterocycles. The lowest BCUT2D eigenvalue weighted by Crippen LogP contribution is -2.62. The van der Waals surface area contributed by atoms with Crippen LogP contribution in [0, 0.1) is 5.92 Å². The number of aromatic nitrogens is 4. The number of primary amides is 2. The molecule has 0 bridgehead atoms. The molecule has 0 radical (unpaired) electrons. The maximum absolute atomic E-state index is 16.0. The first-order valence-corrected chi connectivity index (χ1v) is 46.5. The number of likely N-dealkylation sites (N-methyl/N-ethyl adjacent to an activating group) is 3. The number of H-pyrrole nitrogens is 3. The van der Waals surface area contributed by atoms with E-state index in [1.165, 1.54) is 72.5 Å². The van der Waals surface area contributed by atoms with Gasteiger partial charge in [0.05, 0.1) is 37.2 Å². The number of phenols is 1. The number of aliphatic carboxylic acids is 1. The van der Waals surface area contributed by atoms with Crippen molar-refractivity contribution < 1.29 is 96.8 Å². The Balaban J connectivity index is 1.01. The third kappa shape index (κ3) is 30.8. The van der Waals surface area contributed by atoms with Crippen molar-refractivity contribution in [3.8, 4) is 5.75 Å². The standard InChI is InChI=1S/C91H130N22O20S/c1-9-12-24-72(85(127)104-66(36-51(4)5)83(125)108-71(81(123)99-46-76(95)117)48-134-49-77(118)101-68(37-53-26-28-57(114)29-27-53)87(129)109(7)52(6)79(121)106-70(42-75(94)116)88(130)111-34-18-19-35-111)110(8)91(133)73(25-13-10-2)112(11-3)90(132)69(39-55-44-98-63-23-17-15-21-60(55)63)107-82(124)64(32-33-92)102-84(126)67(38-54-43-97-62-22-16-14-20-59(54)62)105-86(128)74-41-58(115)47-113(74)89(131)65(30-31-78(119)120)103-80(122)61(93)40-56-45-96-50-100-56/h14-17,20-23,26-29,43-45,50-52,58,61,64-74,97-98,114-115H,9-13,18-19,24-25,30-42,46-49,92-93H2,1-8H3,(H2,94,116)(H2,95,117)(H,96,100)(H,99,123)(H,101,118)(H,102,126)(H,103,122)(H,104,127)(H,105,128)(H,106,121)(H,107,124)(H,108,125)(H,119,120)/t52-,58+,61-,64-,65-,66-,67-,68-,69-,70-,71-,72-,73-,74-/m0/s1. The summed E-state index contributed by atoms with van der Waals surface area (Å²) >= 11 is 0.828. The van der Waals surface area contributed by atoms with Crippen LogP contribution in [0.25, 0.3) is 21.8 Å². The number of fused-ring (bicyclic) bond motifs is 2. The first-order valence-electron chi connectivity index (χ1n) is 45.3. The highest BCUT2D eigenvalue weighted by Gasteiger charge is 2.46. The molecule has 42 nitrogen and oxygen atoms in total. The number of unbranched alkanes of at least 4 members (excludes halogenated alkanes) is 2. The van der Waals surface area contributed by atoms with Gasteiger partial charge in [0.2, 0.25) is 94.5 Å². The largest absolute Gasteiger partial charge is 0.508 e. The van der Waals surface area contributed by atoms with Gasteiger partial charge in [-0.15, -0.1) is 11.8 Å².